The van der Waals surface area contributed by atoms with Gasteiger partial charge >= 0.3 is 0 Å². The number of hydrogen-bond donors (Lipinski definition) is 1. The number of carbonyl (C=O) groups is 1. The number of benzene rings is 2. The molecule has 1 amide bonds. The van der Waals surface area contributed by atoms with E-state index in [2.05, 4.69) is 25.1 Å². The van der Waals surface area contributed by atoms with Crippen LogP contribution in [0.5, 0.6) is 0 Å². The van der Waals surface area contributed by atoms with Crippen molar-refractivity contribution in [1.82, 2.24) is 9.97 Å². The first-order chi connectivity index (χ1) is 13.7. The van der Waals surface area contributed by atoms with Crippen LogP contribution in [0.25, 0.3) is 0 Å². The van der Waals surface area contributed by atoms with Crippen LogP contribution in [0.3, 0.4) is 0 Å². The molecule has 142 valence electrons. The van der Waals surface area contributed by atoms with Crippen molar-refractivity contribution in [3.05, 3.63) is 77.6 Å². The number of piperazine rings is 1. The highest BCUT2D eigenvalue weighted by Gasteiger charge is 2.19. The first-order valence-electron chi connectivity index (χ1n) is 9.13. The van der Waals surface area contributed by atoms with Gasteiger partial charge in [0.1, 0.15) is 0 Å². The Kier molecular flexibility index (Phi) is 5.39. The van der Waals surface area contributed by atoms with Crippen molar-refractivity contribution in [2.75, 3.05) is 41.3 Å². The standard InChI is InChI=1S/C21H20ClN5O/c22-17-4-1-3-16(15-17)20(28)25-18-5-7-19(8-6-18)26-11-13-27(14-12-26)21-23-9-2-10-24-21/h1-10,15H,11-14H2,(H,25,28). The highest BCUT2D eigenvalue weighted by Crippen LogP contribution is 2.21. The number of nitrogens with one attached hydrogen (secondary N) is 1. The van der Waals surface area contributed by atoms with Crippen LogP contribution in [0.4, 0.5) is 17.3 Å². The lowest BCUT2D eigenvalue weighted by molar-refractivity contribution is 0.102. The van der Waals surface area contributed by atoms with Gasteiger partial charge in [-0.3, -0.25) is 4.79 Å². The summed E-state index contributed by atoms with van der Waals surface area (Å²) in [5, 5.41) is 3.45. The first-order valence-corrected chi connectivity index (χ1v) is 9.51. The monoisotopic (exact) mass is 393 g/mol. The predicted molar refractivity (Wildman–Crippen MR) is 112 cm³/mol. The van der Waals surface area contributed by atoms with Gasteiger partial charge in [0.2, 0.25) is 5.95 Å². The minimum atomic E-state index is -0.174. The second kappa shape index (κ2) is 8.27. The number of carbonyl (C=O) groups excluding carboxylic acids is 1. The van der Waals surface area contributed by atoms with Crippen LogP contribution in [0.15, 0.2) is 67.0 Å². The van der Waals surface area contributed by atoms with Crippen LogP contribution in [0.1, 0.15) is 10.4 Å². The number of nitrogens with zero attached hydrogens (tertiary/aromatic N) is 4. The summed E-state index contributed by atoms with van der Waals surface area (Å²) in [6.45, 7) is 3.54. The third-order valence-corrected chi connectivity index (χ3v) is 4.93. The molecule has 2 aromatic carbocycles. The molecule has 0 unspecified atom stereocenters. The fraction of sp³-hybridized carbons (Fsp3) is 0.190. The maximum absolute atomic E-state index is 12.3. The predicted octanol–water partition coefficient (Wildman–Crippen LogP) is 3.71. The fourth-order valence-corrected chi connectivity index (χ4v) is 3.40. The molecule has 1 N–H and O–H groups in total. The lowest BCUT2D eigenvalue weighted by atomic mass is 10.2. The zero-order valence-electron chi connectivity index (χ0n) is 15.3. The Morgan fingerprint density at radius 3 is 2.25 bits per heavy atom. The lowest BCUT2D eigenvalue weighted by Gasteiger charge is -2.36. The summed E-state index contributed by atoms with van der Waals surface area (Å²) in [5.74, 6) is 0.605. The molecule has 0 radical (unpaired) electrons. The Hall–Kier alpha value is -3.12. The molecule has 0 bridgehead atoms. The van der Waals surface area contributed by atoms with Crippen LogP contribution in [-0.2, 0) is 0 Å². The van der Waals surface area contributed by atoms with Crippen LogP contribution >= 0.6 is 11.6 Å². The molecule has 28 heavy (non-hydrogen) atoms. The van der Waals surface area contributed by atoms with Crippen molar-refractivity contribution in [3.63, 3.8) is 0 Å². The van der Waals surface area contributed by atoms with Gasteiger partial charge in [-0.15, -0.1) is 0 Å². The minimum Gasteiger partial charge on any atom is -0.368 e. The maximum atomic E-state index is 12.3. The van der Waals surface area contributed by atoms with Crippen molar-refractivity contribution in [2.24, 2.45) is 0 Å². The molecular weight excluding hydrogens is 374 g/mol. The summed E-state index contributed by atoms with van der Waals surface area (Å²) in [6, 6.07) is 16.6. The van der Waals surface area contributed by atoms with Crippen LogP contribution < -0.4 is 15.1 Å². The topological polar surface area (TPSA) is 61.4 Å². The van der Waals surface area contributed by atoms with Gasteiger partial charge in [0.15, 0.2) is 0 Å². The van der Waals surface area contributed by atoms with E-state index < -0.39 is 0 Å². The van der Waals surface area contributed by atoms with E-state index in [1.165, 1.54) is 0 Å². The summed E-state index contributed by atoms with van der Waals surface area (Å²) in [7, 11) is 0. The maximum Gasteiger partial charge on any atom is 0.255 e. The fourth-order valence-electron chi connectivity index (χ4n) is 3.21. The molecule has 0 aliphatic carbocycles. The van der Waals surface area contributed by atoms with Gasteiger partial charge in [0.05, 0.1) is 0 Å². The summed E-state index contributed by atoms with van der Waals surface area (Å²) in [6.07, 6.45) is 3.54. The Bertz CT molecular complexity index is 941. The molecule has 4 rings (SSSR count). The third-order valence-electron chi connectivity index (χ3n) is 4.69. The van der Waals surface area contributed by atoms with Crippen molar-refractivity contribution in [1.29, 1.82) is 0 Å². The van der Waals surface area contributed by atoms with E-state index in [4.69, 9.17) is 11.6 Å². The molecule has 0 atom stereocenters. The van der Waals surface area contributed by atoms with E-state index in [-0.39, 0.29) is 5.91 Å². The van der Waals surface area contributed by atoms with E-state index in [9.17, 15) is 4.79 Å². The second-order valence-corrected chi connectivity index (χ2v) is 6.97. The van der Waals surface area contributed by atoms with Crippen molar-refractivity contribution in [2.45, 2.75) is 0 Å². The van der Waals surface area contributed by atoms with Crippen LogP contribution in [-0.4, -0.2) is 42.1 Å². The Labute approximate surface area is 168 Å². The van der Waals surface area contributed by atoms with Gasteiger partial charge < -0.3 is 15.1 Å². The largest absolute Gasteiger partial charge is 0.368 e. The summed E-state index contributed by atoms with van der Waals surface area (Å²) >= 11 is 5.95. The van der Waals surface area contributed by atoms with E-state index >= 15 is 0 Å². The van der Waals surface area contributed by atoms with E-state index in [1.54, 1.807) is 36.7 Å². The van der Waals surface area contributed by atoms with E-state index in [1.807, 2.05) is 30.3 Å². The molecule has 3 aromatic rings. The molecular formula is C21H20ClN5O. The Balaban J connectivity index is 1.35. The van der Waals surface area contributed by atoms with Crippen LogP contribution in [0.2, 0.25) is 5.02 Å². The van der Waals surface area contributed by atoms with Crippen LogP contribution in [0, 0.1) is 0 Å². The van der Waals surface area contributed by atoms with Gasteiger partial charge in [-0.05, 0) is 48.5 Å². The Morgan fingerprint density at radius 1 is 0.893 bits per heavy atom. The molecule has 2 heterocycles. The molecule has 1 aliphatic rings. The molecule has 1 aliphatic heterocycles. The van der Waals surface area contributed by atoms with Gasteiger partial charge in [0, 0.05) is 60.5 Å². The zero-order chi connectivity index (χ0) is 19.3. The van der Waals surface area contributed by atoms with E-state index in [0.717, 1.165) is 43.5 Å². The smallest absolute Gasteiger partial charge is 0.255 e. The van der Waals surface area contributed by atoms with Gasteiger partial charge in [-0.25, -0.2) is 9.97 Å². The average Bonchev–Trinajstić information content (AvgIpc) is 2.75. The summed E-state index contributed by atoms with van der Waals surface area (Å²) in [4.78, 5) is 25.5. The number of anilines is 3. The average molecular weight is 394 g/mol. The highest BCUT2D eigenvalue weighted by molar-refractivity contribution is 6.31. The number of aromatic nitrogens is 2. The minimum absolute atomic E-state index is 0.174. The number of halogens is 1. The van der Waals surface area contributed by atoms with Crippen molar-refractivity contribution < 1.29 is 4.79 Å². The second-order valence-electron chi connectivity index (χ2n) is 6.53. The quantitative estimate of drug-likeness (QED) is 0.732. The summed E-state index contributed by atoms with van der Waals surface area (Å²) in [5.41, 5.74) is 2.43. The van der Waals surface area contributed by atoms with Crippen molar-refractivity contribution in [3.8, 4) is 0 Å². The number of hydrogen-bond acceptors (Lipinski definition) is 5. The molecule has 1 fully saturated rings. The zero-order valence-corrected chi connectivity index (χ0v) is 16.0. The molecule has 0 saturated carbocycles. The number of amides is 1. The lowest BCUT2D eigenvalue weighted by Crippen LogP contribution is -2.47. The Morgan fingerprint density at radius 2 is 1.57 bits per heavy atom. The van der Waals surface area contributed by atoms with Gasteiger partial charge in [-0.2, -0.15) is 0 Å². The third kappa shape index (κ3) is 4.23. The summed E-state index contributed by atoms with van der Waals surface area (Å²) < 4.78 is 0. The van der Waals surface area contributed by atoms with Gasteiger partial charge in [0.25, 0.3) is 5.91 Å². The highest BCUT2D eigenvalue weighted by atomic mass is 35.5. The normalized spacial score (nSPS) is 14.0. The molecule has 7 heteroatoms. The molecule has 0 spiro atoms. The van der Waals surface area contributed by atoms with Gasteiger partial charge in [-0.1, -0.05) is 17.7 Å². The molecule has 1 saturated heterocycles. The number of rotatable bonds is 4. The van der Waals surface area contributed by atoms with E-state index in [0.29, 0.717) is 10.6 Å². The molecule has 6 nitrogen and oxygen atoms in total. The van der Waals surface area contributed by atoms with Crippen molar-refractivity contribution >= 4 is 34.8 Å². The SMILES string of the molecule is O=C(Nc1ccc(N2CCN(c3ncccn3)CC2)cc1)c1cccc(Cl)c1. The first kappa shape index (κ1) is 18.3. The molecule has 1 aromatic heterocycles.